The average Bonchev–Trinajstić information content (AvgIpc) is 2.83. The third-order valence-corrected chi connectivity index (χ3v) is 5.54. The lowest BCUT2D eigenvalue weighted by Crippen LogP contribution is -2.50. The zero-order valence-corrected chi connectivity index (χ0v) is 20.8. The Morgan fingerprint density at radius 3 is 2.23 bits per heavy atom. The van der Waals surface area contributed by atoms with Gasteiger partial charge in [-0.05, 0) is 50.6 Å². The standard InChI is InChI=1S/C25H33FN4O5/c1-25(2,3)35-23(31)29-12-10-28(11-13-29)21-15-18(14-20(27)22(21)26)30(24(32)34-5)16-17-6-8-19(33-4)9-7-17/h6-9,14-15H,10-13,16,27H2,1-5H3. The largest absolute Gasteiger partial charge is 0.497 e. The van der Waals surface area contributed by atoms with Gasteiger partial charge in [-0.2, -0.15) is 0 Å². The number of anilines is 3. The molecule has 10 heteroatoms. The van der Waals surface area contributed by atoms with E-state index in [-0.39, 0.29) is 17.9 Å². The normalized spacial score (nSPS) is 13.9. The molecule has 0 bridgehead atoms. The lowest BCUT2D eigenvalue weighted by Gasteiger charge is -2.37. The van der Waals surface area contributed by atoms with Gasteiger partial charge in [0.25, 0.3) is 0 Å². The van der Waals surface area contributed by atoms with Crippen LogP contribution < -0.4 is 20.3 Å². The molecule has 0 radical (unpaired) electrons. The van der Waals surface area contributed by atoms with Crippen molar-refractivity contribution in [2.45, 2.75) is 32.9 Å². The Balaban J connectivity index is 1.82. The number of methoxy groups -OCH3 is 2. The molecule has 0 atom stereocenters. The number of hydrogen-bond acceptors (Lipinski definition) is 7. The van der Waals surface area contributed by atoms with E-state index < -0.39 is 23.6 Å². The van der Waals surface area contributed by atoms with E-state index in [9.17, 15) is 9.59 Å². The quantitative estimate of drug-likeness (QED) is 0.629. The van der Waals surface area contributed by atoms with E-state index in [1.807, 2.05) is 32.9 Å². The summed E-state index contributed by atoms with van der Waals surface area (Å²) in [6.45, 7) is 7.12. The molecule has 2 N–H and O–H groups in total. The van der Waals surface area contributed by atoms with Gasteiger partial charge in [0.15, 0.2) is 5.82 Å². The maximum absolute atomic E-state index is 15.1. The van der Waals surface area contributed by atoms with E-state index in [4.69, 9.17) is 19.9 Å². The second kappa shape index (κ2) is 10.7. The van der Waals surface area contributed by atoms with E-state index in [1.165, 1.54) is 18.1 Å². The topological polar surface area (TPSA) is 97.6 Å². The molecule has 0 spiro atoms. The Labute approximate surface area is 205 Å². The van der Waals surface area contributed by atoms with E-state index in [0.717, 1.165) is 5.56 Å². The van der Waals surface area contributed by atoms with Gasteiger partial charge in [-0.15, -0.1) is 0 Å². The molecule has 1 fully saturated rings. The average molecular weight is 489 g/mol. The molecule has 2 aromatic carbocycles. The number of amides is 2. The fraction of sp³-hybridized carbons (Fsp3) is 0.440. The van der Waals surface area contributed by atoms with Crippen molar-refractivity contribution in [3.05, 3.63) is 47.8 Å². The summed E-state index contributed by atoms with van der Waals surface area (Å²) in [7, 11) is 2.86. The van der Waals surface area contributed by atoms with Crippen LogP contribution >= 0.6 is 0 Å². The van der Waals surface area contributed by atoms with Crippen LogP contribution in [0.1, 0.15) is 26.3 Å². The first-order valence-electron chi connectivity index (χ1n) is 11.3. The molecule has 1 aliphatic rings. The van der Waals surface area contributed by atoms with Gasteiger partial charge < -0.3 is 29.7 Å². The van der Waals surface area contributed by atoms with Gasteiger partial charge in [-0.1, -0.05) is 12.1 Å². The lowest BCUT2D eigenvalue weighted by atomic mass is 10.1. The molecular weight excluding hydrogens is 455 g/mol. The Hall–Kier alpha value is -3.69. The predicted molar refractivity (Wildman–Crippen MR) is 132 cm³/mol. The van der Waals surface area contributed by atoms with Crippen LogP contribution in [0.15, 0.2) is 36.4 Å². The maximum Gasteiger partial charge on any atom is 0.414 e. The Morgan fingerprint density at radius 2 is 1.69 bits per heavy atom. The molecule has 1 saturated heterocycles. The summed E-state index contributed by atoms with van der Waals surface area (Å²) in [5.74, 6) is 0.117. The third kappa shape index (κ3) is 6.46. The second-order valence-corrected chi connectivity index (χ2v) is 9.23. The van der Waals surface area contributed by atoms with Crippen LogP contribution in [-0.2, 0) is 16.0 Å². The van der Waals surface area contributed by atoms with Crippen molar-refractivity contribution in [3.63, 3.8) is 0 Å². The number of rotatable bonds is 5. The van der Waals surface area contributed by atoms with Crippen LogP contribution in [-0.4, -0.2) is 63.1 Å². The van der Waals surface area contributed by atoms with Gasteiger partial charge in [0.05, 0.1) is 37.8 Å². The number of nitrogen functional groups attached to an aromatic ring is 1. The van der Waals surface area contributed by atoms with Crippen molar-refractivity contribution in [2.24, 2.45) is 0 Å². The van der Waals surface area contributed by atoms with Crippen molar-refractivity contribution in [1.29, 1.82) is 0 Å². The molecule has 9 nitrogen and oxygen atoms in total. The summed E-state index contributed by atoms with van der Waals surface area (Å²) in [4.78, 5) is 29.8. The molecule has 0 saturated carbocycles. The first-order valence-corrected chi connectivity index (χ1v) is 11.3. The number of halogens is 1. The van der Waals surface area contributed by atoms with Gasteiger partial charge in [-0.25, -0.2) is 14.0 Å². The Kier molecular flexibility index (Phi) is 7.93. The highest BCUT2D eigenvalue weighted by Crippen LogP contribution is 2.33. The molecule has 3 rings (SSSR count). The van der Waals surface area contributed by atoms with E-state index in [2.05, 4.69) is 0 Å². The molecule has 0 aliphatic carbocycles. The number of piperazine rings is 1. The number of ether oxygens (including phenoxy) is 3. The molecule has 190 valence electrons. The number of nitrogens with zero attached hydrogens (tertiary/aromatic N) is 3. The summed E-state index contributed by atoms with van der Waals surface area (Å²) in [6, 6.07) is 10.2. The highest BCUT2D eigenvalue weighted by Gasteiger charge is 2.28. The van der Waals surface area contributed by atoms with Crippen LogP contribution in [0.2, 0.25) is 0 Å². The summed E-state index contributed by atoms with van der Waals surface area (Å²) in [5, 5.41) is 0. The van der Waals surface area contributed by atoms with Crippen molar-refractivity contribution in [2.75, 3.05) is 55.9 Å². The van der Waals surface area contributed by atoms with Gasteiger partial charge in [0.2, 0.25) is 0 Å². The lowest BCUT2D eigenvalue weighted by molar-refractivity contribution is 0.0240. The third-order valence-electron chi connectivity index (χ3n) is 5.54. The number of carbonyl (C=O) groups is 2. The SMILES string of the molecule is COC(=O)N(Cc1ccc(OC)cc1)c1cc(N)c(F)c(N2CCN(C(=O)OC(C)(C)C)CC2)c1. The zero-order chi connectivity index (χ0) is 25.8. The molecule has 0 unspecified atom stereocenters. The number of carbonyl (C=O) groups excluding carboxylic acids is 2. The second-order valence-electron chi connectivity index (χ2n) is 9.23. The van der Waals surface area contributed by atoms with Gasteiger partial charge >= 0.3 is 12.2 Å². The van der Waals surface area contributed by atoms with Crippen molar-refractivity contribution in [3.8, 4) is 5.75 Å². The van der Waals surface area contributed by atoms with E-state index >= 15 is 4.39 Å². The molecule has 2 amide bonds. The maximum atomic E-state index is 15.1. The monoisotopic (exact) mass is 488 g/mol. The first kappa shape index (κ1) is 25.9. The Morgan fingerprint density at radius 1 is 1.06 bits per heavy atom. The highest BCUT2D eigenvalue weighted by molar-refractivity contribution is 5.89. The summed E-state index contributed by atoms with van der Waals surface area (Å²) < 4.78 is 30.7. The minimum absolute atomic E-state index is 0.0873. The van der Waals surface area contributed by atoms with Crippen LogP contribution in [0.4, 0.5) is 31.0 Å². The van der Waals surface area contributed by atoms with Crippen molar-refractivity contribution >= 4 is 29.2 Å². The Bertz CT molecular complexity index is 1050. The first-order chi connectivity index (χ1) is 16.5. The minimum Gasteiger partial charge on any atom is -0.497 e. The predicted octanol–water partition coefficient (Wildman–Crippen LogP) is 4.25. The smallest absolute Gasteiger partial charge is 0.414 e. The fourth-order valence-electron chi connectivity index (χ4n) is 3.74. The minimum atomic E-state index is -0.604. The molecule has 2 aromatic rings. The van der Waals surface area contributed by atoms with Gasteiger partial charge in [0.1, 0.15) is 11.4 Å². The zero-order valence-electron chi connectivity index (χ0n) is 20.8. The van der Waals surface area contributed by atoms with E-state index in [0.29, 0.717) is 37.6 Å². The fourth-order valence-corrected chi connectivity index (χ4v) is 3.74. The molecule has 35 heavy (non-hydrogen) atoms. The summed E-state index contributed by atoms with van der Waals surface area (Å²) >= 11 is 0. The van der Waals surface area contributed by atoms with E-state index in [1.54, 1.807) is 35.1 Å². The summed E-state index contributed by atoms with van der Waals surface area (Å²) in [6.07, 6.45) is -1.00. The summed E-state index contributed by atoms with van der Waals surface area (Å²) in [5.41, 5.74) is 6.80. The van der Waals surface area contributed by atoms with Crippen LogP contribution in [0.5, 0.6) is 5.75 Å². The molecular formula is C25H33FN4O5. The number of hydrogen-bond donors (Lipinski definition) is 1. The molecule has 1 aliphatic heterocycles. The number of benzene rings is 2. The molecule has 1 heterocycles. The van der Waals surface area contributed by atoms with Crippen LogP contribution in [0.25, 0.3) is 0 Å². The van der Waals surface area contributed by atoms with Gasteiger partial charge in [0, 0.05) is 26.2 Å². The van der Waals surface area contributed by atoms with Crippen LogP contribution in [0, 0.1) is 5.82 Å². The highest BCUT2D eigenvalue weighted by atomic mass is 19.1. The van der Waals surface area contributed by atoms with Crippen molar-refractivity contribution < 1.29 is 28.2 Å². The van der Waals surface area contributed by atoms with Crippen molar-refractivity contribution in [1.82, 2.24) is 4.90 Å². The number of nitrogens with two attached hydrogens (primary N) is 1. The van der Waals surface area contributed by atoms with Gasteiger partial charge in [-0.3, -0.25) is 4.90 Å². The molecule has 0 aromatic heterocycles. The van der Waals surface area contributed by atoms with Crippen LogP contribution in [0.3, 0.4) is 0 Å².